The van der Waals surface area contributed by atoms with Gasteiger partial charge in [0.15, 0.2) is 17.2 Å². The third-order valence-corrected chi connectivity index (χ3v) is 8.72. The standard InChI is InChI=1S/C44H26N4/c1-45-35-26-34(27-36(28-35)46-2)31-16-20-32(21-17-31)37-24-25-40(39-13-7-6-12-38(37)39)44-47-42-15-9-8-14-41(42)43(48-44)33-22-18-30(19-23-33)29-10-4-3-5-11-29/h3-28H. The van der Waals surface area contributed by atoms with Crippen LogP contribution in [0.2, 0.25) is 0 Å². The average molecular weight is 611 g/mol. The van der Waals surface area contributed by atoms with Gasteiger partial charge < -0.3 is 0 Å². The Morgan fingerprint density at radius 2 is 0.875 bits per heavy atom. The summed E-state index contributed by atoms with van der Waals surface area (Å²) in [6.07, 6.45) is 0. The van der Waals surface area contributed by atoms with E-state index in [9.17, 15) is 0 Å². The Morgan fingerprint density at radius 1 is 0.375 bits per heavy atom. The molecule has 0 aliphatic carbocycles. The van der Waals surface area contributed by atoms with Crippen LogP contribution in [0, 0.1) is 13.1 Å². The summed E-state index contributed by atoms with van der Waals surface area (Å²) in [6.45, 7) is 14.8. The maximum Gasteiger partial charge on any atom is 0.177 e. The van der Waals surface area contributed by atoms with Crippen molar-refractivity contribution in [2.24, 2.45) is 0 Å². The predicted molar refractivity (Wildman–Crippen MR) is 197 cm³/mol. The molecule has 0 atom stereocenters. The number of fused-ring (bicyclic) bond motifs is 2. The van der Waals surface area contributed by atoms with Gasteiger partial charge in [0.1, 0.15) is 0 Å². The van der Waals surface area contributed by atoms with Crippen LogP contribution in [0.25, 0.3) is 87.4 Å². The van der Waals surface area contributed by atoms with Crippen molar-refractivity contribution in [3.05, 3.63) is 181 Å². The lowest BCUT2D eigenvalue weighted by Crippen LogP contribution is -1.96. The highest BCUT2D eigenvalue weighted by Crippen LogP contribution is 2.38. The Kier molecular flexibility index (Phi) is 7.23. The summed E-state index contributed by atoms with van der Waals surface area (Å²) in [7, 11) is 0. The molecular formula is C44H26N4. The molecule has 0 saturated heterocycles. The van der Waals surface area contributed by atoms with Gasteiger partial charge in [-0.05, 0) is 56.3 Å². The van der Waals surface area contributed by atoms with Gasteiger partial charge in [-0.1, -0.05) is 146 Å². The molecule has 0 saturated carbocycles. The molecule has 0 fully saturated rings. The van der Waals surface area contributed by atoms with Crippen molar-refractivity contribution in [1.82, 2.24) is 9.97 Å². The molecule has 0 spiro atoms. The Bertz CT molecular complexity index is 2520. The van der Waals surface area contributed by atoms with Gasteiger partial charge in [-0.2, -0.15) is 0 Å². The van der Waals surface area contributed by atoms with Crippen LogP contribution in [0.3, 0.4) is 0 Å². The molecule has 4 nitrogen and oxygen atoms in total. The fourth-order valence-electron chi connectivity index (χ4n) is 6.35. The predicted octanol–water partition coefficient (Wildman–Crippen LogP) is 12.2. The summed E-state index contributed by atoms with van der Waals surface area (Å²) < 4.78 is 0. The van der Waals surface area contributed by atoms with Gasteiger partial charge in [-0.25, -0.2) is 19.7 Å². The first-order valence-corrected chi connectivity index (χ1v) is 15.6. The highest BCUT2D eigenvalue weighted by atomic mass is 14.9. The van der Waals surface area contributed by atoms with Crippen LogP contribution in [0.4, 0.5) is 11.4 Å². The molecule has 0 unspecified atom stereocenters. The maximum absolute atomic E-state index is 7.42. The number of hydrogen-bond donors (Lipinski definition) is 0. The topological polar surface area (TPSA) is 34.5 Å². The third kappa shape index (κ3) is 5.24. The van der Waals surface area contributed by atoms with Crippen LogP contribution in [0.15, 0.2) is 158 Å². The first kappa shape index (κ1) is 28.6. The van der Waals surface area contributed by atoms with Crippen molar-refractivity contribution in [2.45, 2.75) is 0 Å². The number of rotatable bonds is 5. The van der Waals surface area contributed by atoms with Crippen molar-refractivity contribution in [2.75, 3.05) is 0 Å². The summed E-state index contributed by atoms with van der Waals surface area (Å²) in [5.41, 5.74) is 11.1. The Hall–Kier alpha value is -6.88. The molecule has 0 N–H and O–H groups in total. The highest BCUT2D eigenvalue weighted by molar-refractivity contribution is 6.05. The van der Waals surface area contributed by atoms with E-state index in [1.807, 2.05) is 30.3 Å². The van der Waals surface area contributed by atoms with Gasteiger partial charge in [-0.15, -0.1) is 0 Å². The van der Waals surface area contributed by atoms with Gasteiger partial charge in [-0.3, -0.25) is 0 Å². The summed E-state index contributed by atoms with van der Waals surface area (Å²) in [4.78, 5) is 17.4. The molecule has 0 amide bonds. The number of nitrogens with zero attached hydrogens (tertiary/aromatic N) is 4. The summed E-state index contributed by atoms with van der Waals surface area (Å²) in [6, 6.07) is 53.4. The van der Waals surface area contributed by atoms with Crippen LogP contribution in [-0.4, -0.2) is 9.97 Å². The SMILES string of the molecule is [C-]#[N+]c1cc([N+]#[C-])cc(-c2ccc(-c3ccc(-c4nc(-c5ccc(-c6ccccc6)cc5)c5ccccc5n4)c4ccccc34)cc2)c1. The van der Waals surface area contributed by atoms with Crippen molar-refractivity contribution in [1.29, 1.82) is 0 Å². The van der Waals surface area contributed by atoms with Crippen molar-refractivity contribution >= 4 is 33.1 Å². The minimum absolute atomic E-state index is 0.465. The molecule has 0 radical (unpaired) electrons. The Balaban J connectivity index is 1.21. The van der Waals surface area contributed by atoms with Crippen LogP contribution in [0.1, 0.15) is 0 Å². The van der Waals surface area contributed by atoms with Crippen molar-refractivity contribution < 1.29 is 0 Å². The molecule has 48 heavy (non-hydrogen) atoms. The molecule has 0 bridgehead atoms. The fraction of sp³-hybridized carbons (Fsp3) is 0. The second kappa shape index (κ2) is 12.1. The van der Waals surface area contributed by atoms with E-state index in [-0.39, 0.29) is 0 Å². The van der Waals surface area contributed by atoms with Crippen molar-refractivity contribution in [3.8, 4) is 56.0 Å². The van der Waals surface area contributed by atoms with Gasteiger partial charge in [0.05, 0.1) is 24.4 Å². The van der Waals surface area contributed by atoms with E-state index in [0.717, 1.165) is 66.3 Å². The quantitative estimate of drug-likeness (QED) is 0.182. The summed E-state index contributed by atoms with van der Waals surface area (Å²) in [5.74, 6) is 0.684. The zero-order valence-corrected chi connectivity index (χ0v) is 25.8. The third-order valence-electron chi connectivity index (χ3n) is 8.72. The Morgan fingerprint density at radius 3 is 1.54 bits per heavy atom. The van der Waals surface area contributed by atoms with E-state index >= 15 is 0 Å². The number of hydrogen-bond acceptors (Lipinski definition) is 2. The largest absolute Gasteiger partial charge is 0.239 e. The van der Waals surface area contributed by atoms with Crippen LogP contribution >= 0.6 is 0 Å². The molecule has 1 heterocycles. The minimum Gasteiger partial charge on any atom is -0.239 e. The lowest BCUT2D eigenvalue weighted by atomic mass is 9.93. The second-order valence-electron chi connectivity index (χ2n) is 11.6. The molecule has 4 heteroatoms. The van der Waals surface area contributed by atoms with E-state index in [1.165, 1.54) is 5.56 Å². The fourth-order valence-corrected chi connectivity index (χ4v) is 6.35. The number of para-hydroxylation sites is 1. The van der Waals surface area contributed by atoms with Gasteiger partial charge in [0.2, 0.25) is 0 Å². The normalized spacial score (nSPS) is 10.9. The van der Waals surface area contributed by atoms with E-state index in [4.69, 9.17) is 23.1 Å². The zero-order valence-electron chi connectivity index (χ0n) is 25.8. The molecule has 0 aliphatic heterocycles. The van der Waals surface area contributed by atoms with E-state index < -0.39 is 0 Å². The lowest BCUT2D eigenvalue weighted by molar-refractivity contribution is 1.23. The lowest BCUT2D eigenvalue weighted by Gasteiger charge is -2.14. The molecule has 8 aromatic rings. The molecular weight excluding hydrogens is 585 g/mol. The Labute approximate surface area is 278 Å². The molecule has 222 valence electrons. The van der Waals surface area contributed by atoms with Crippen LogP contribution < -0.4 is 0 Å². The first-order valence-electron chi connectivity index (χ1n) is 15.6. The summed E-state index contributed by atoms with van der Waals surface area (Å²) in [5, 5.41) is 3.20. The summed E-state index contributed by atoms with van der Waals surface area (Å²) >= 11 is 0. The van der Waals surface area contributed by atoms with Gasteiger partial charge in [0, 0.05) is 16.5 Å². The van der Waals surface area contributed by atoms with Crippen molar-refractivity contribution in [3.63, 3.8) is 0 Å². The van der Waals surface area contributed by atoms with E-state index in [0.29, 0.717) is 17.2 Å². The highest BCUT2D eigenvalue weighted by Gasteiger charge is 2.16. The molecule has 0 aliphatic rings. The van der Waals surface area contributed by atoms with E-state index in [2.05, 4.69) is 131 Å². The molecule has 7 aromatic carbocycles. The number of benzene rings is 7. The van der Waals surface area contributed by atoms with E-state index in [1.54, 1.807) is 6.07 Å². The van der Waals surface area contributed by atoms with Gasteiger partial charge in [0.25, 0.3) is 0 Å². The second-order valence-corrected chi connectivity index (χ2v) is 11.6. The van der Waals surface area contributed by atoms with Crippen LogP contribution in [0.5, 0.6) is 0 Å². The maximum atomic E-state index is 7.42. The molecule has 1 aromatic heterocycles. The van der Waals surface area contributed by atoms with Crippen LogP contribution in [-0.2, 0) is 0 Å². The smallest absolute Gasteiger partial charge is 0.177 e. The number of aromatic nitrogens is 2. The zero-order chi connectivity index (χ0) is 32.5. The molecule has 8 rings (SSSR count). The minimum atomic E-state index is 0.465. The van der Waals surface area contributed by atoms with Gasteiger partial charge >= 0.3 is 0 Å². The average Bonchev–Trinajstić information content (AvgIpc) is 3.17. The monoisotopic (exact) mass is 610 g/mol. The first-order chi connectivity index (χ1) is 23.7.